The van der Waals surface area contributed by atoms with Gasteiger partial charge in [0.15, 0.2) is 0 Å². The molecule has 114 valence electrons. The third-order valence-electron chi connectivity index (χ3n) is 2.80. The number of ether oxygens (including phenoxy) is 1. The number of hydrogen-bond acceptors (Lipinski definition) is 4. The number of H-pyrrole nitrogens is 1. The Labute approximate surface area is 122 Å². The molecule has 0 radical (unpaired) electrons. The van der Waals surface area contributed by atoms with Crippen molar-refractivity contribution in [3.8, 4) is 0 Å². The van der Waals surface area contributed by atoms with Crippen molar-refractivity contribution in [2.24, 2.45) is 0 Å². The highest BCUT2D eigenvalue weighted by Gasteiger charge is 2.07. The first-order valence-corrected chi connectivity index (χ1v) is 6.69. The molecule has 3 N–H and O–H groups in total. The number of methoxy groups -OCH3 is 1. The largest absolute Gasteiger partial charge is 0.378 e. The van der Waals surface area contributed by atoms with Crippen LogP contribution in [0.3, 0.4) is 0 Å². The minimum atomic E-state index is -0.291. The van der Waals surface area contributed by atoms with Crippen molar-refractivity contribution < 1.29 is 9.53 Å². The first kappa shape index (κ1) is 15.0. The molecule has 21 heavy (non-hydrogen) atoms. The third-order valence-corrected chi connectivity index (χ3v) is 2.80. The highest BCUT2D eigenvalue weighted by molar-refractivity contribution is 5.88. The molecule has 2 heterocycles. The molecule has 0 aliphatic heterocycles. The number of carbonyl (C=O) groups excluding carboxylic acids is 1. The zero-order chi connectivity index (χ0) is 15.2. The van der Waals surface area contributed by atoms with E-state index in [0.717, 1.165) is 11.4 Å². The molecule has 0 aliphatic carbocycles. The predicted molar refractivity (Wildman–Crippen MR) is 77.8 cm³/mol. The fourth-order valence-electron chi connectivity index (χ4n) is 1.76. The number of nitrogens with one attached hydrogen (secondary N) is 3. The van der Waals surface area contributed by atoms with E-state index >= 15 is 0 Å². The molecule has 0 saturated carbocycles. The van der Waals surface area contributed by atoms with Gasteiger partial charge in [0, 0.05) is 19.3 Å². The summed E-state index contributed by atoms with van der Waals surface area (Å²) in [7, 11) is 1.61. The van der Waals surface area contributed by atoms with Crippen LogP contribution in [0.15, 0.2) is 18.5 Å². The van der Waals surface area contributed by atoms with Gasteiger partial charge in [-0.1, -0.05) is 0 Å². The predicted octanol–water partition coefficient (Wildman–Crippen LogP) is 1.66. The highest BCUT2D eigenvalue weighted by atomic mass is 16.5. The summed E-state index contributed by atoms with van der Waals surface area (Å²) < 4.78 is 6.76. The molecule has 0 aromatic carbocycles. The number of aromatic amines is 1. The number of urea groups is 1. The maximum absolute atomic E-state index is 11.8. The van der Waals surface area contributed by atoms with Crippen LogP contribution in [-0.4, -0.2) is 33.1 Å². The van der Waals surface area contributed by atoms with Crippen LogP contribution in [0.5, 0.6) is 0 Å². The van der Waals surface area contributed by atoms with Crippen LogP contribution in [0.25, 0.3) is 0 Å². The molecule has 0 fully saturated rings. The summed E-state index contributed by atoms with van der Waals surface area (Å²) >= 11 is 0. The molecule has 2 amide bonds. The number of amides is 2. The average Bonchev–Trinajstić information content (AvgIpc) is 3.06. The van der Waals surface area contributed by atoms with Gasteiger partial charge in [-0.25, -0.2) is 4.79 Å². The van der Waals surface area contributed by atoms with Gasteiger partial charge in [0.2, 0.25) is 0 Å². The van der Waals surface area contributed by atoms with E-state index < -0.39 is 0 Å². The highest BCUT2D eigenvalue weighted by Crippen LogP contribution is 2.09. The first-order chi connectivity index (χ1) is 10.1. The monoisotopic (exact) mass is 292 g/mol. The summed E-state index contributed by atoms with van der Waals surface area (Å²) in [4.78, 5) is 11.8. The van der Waals surface area contributed by atoms with Crippen molar-refractivity contribution in [3.05, 3.63) is 29.8 Å². The smallest absolute Gasteiger partial charge is 0.319 e. The molecular weight excluding hydrogens is 272 g/mol. The van der Waals surface area contributed by atoms with Gasteiger partial charge in [0.05, 0.1) is 36.4 Å². The van der Waals surface area contributed by atoms with Crippen molar-refractivity contribution in [1.82, 2.24) is 25.3 Å². The average molecular weight is 292 g/mol. The lowest BCUT2D eigenvalue weighted by molar-refractivity contribution is 0.181. The van der Waals surface area contributed by atoms with Crippen molar-refractivity contribution in [2.45, 2.75) is 33.0 Å². The summed E-state index contributed by atoms with van der Waals surface area (Å²) in [5.41, 5.74) is 2.27. The maximum atomic E-state index is 11.8. The number of aromatic nitrogens is 4. The fourth-order valence-corrected chi connectivity index (χ4v) is 1.76. The van der Waals surface area contributed by atoms with E-state index in [4.69, 9.17) is 4.74 Å². The van der Waals surface area contributed by atoms with Gasteiger partial charge in [-0.05, 0) is 19.9 Å². The molecule has 2 aromatic rings. The van der Waals surface area contributed by atoms with Crippen molar-refractivity contribution in [2.75, 3.05) is 12.4 Å². The van der Waals surface area contributed by atoms with Crippen LogP contribution in [0.1, 0.15) is 31.3 Å². The third kappa shape index (κ3) is 4.32. The molecule has 8 heteroatoms. The number of anilines is 1. The van der Waals surface area contributed by atoms with Gasteiger partial charge in [-0.2, -0.15) is 10.2 Å². The Morgan fingerprint density at radius 1 is 1.52 bits per heavy atom. The molecule has 0 saturated heterocycles. The Morgan fingerprint density at radius 2 is 2.33 bits per heavy atom. The van der Waals surface area contributed by atoms with Gasteiger partial charge in [0.1, 0.15) is 0 Å². The van der Waals surface area contributed by atoms with Crippen LogP contribution in [0.4, 0.5) is 10.5 Å². The first-order valence-electron chi connectivity index (χ1n) is 6.69. The van der Waals surface area contributed by atoms with E-state index in [1.54, 1.807) is 24.2 Å². The normalized spacial score (nSPS) is 10.9. The number of hydrogen-bond donors (Lipinski definition) is 3. The summed E-state index contributed by atoms with van der Waals surface area (Å²) in [6, 6.07) is 1.81. The van der Waals surface area contributed by atoms with Crippen molar-refractivity contribution in [3.63, 3.8) is 0 Å². The Morgan fingerprint density at radius 3 is 3.00 bits per heavy atom. The van der Waals surface area contributed by atoms with Gasteiger partial charge in [0.25, 0.3) is 0 Å². The number of rotatable bonds is 6. The molecule has 0 spiro atoms. The van der Waals surface area contributed by atoms with Crippen LogP contribution in [0, 0.1) is 0 Å². The Hall–Kier alpha value is -2.35. The molecular formula is C13H20N6O2. The Bertz CT molecular complexity index is 589. The van der Waals surface area contributed by atoms with E-state index in [2.05, 4.69) is 25.9 Å². The van der Waals surface area contributed by atoms with E-state index in [1.807, 2.05) is 19.9 Å². The minimum Gasteiger partial charge on any atom is -0.378 e. The van der Waals surface area contributed by atoms with Gasteiger partial charge in [-0.15, -0.1) is 0 Å². The van der Waals surface area contributed by atoms with Crippen molar-refractivity contribution in [1.29, 1.82) is 0 Å². The van der Waals surface area contributed by atoms with E-state index in [9.17, 15) is 4.79 Å². The lowest BCUT2D eigenvalue weighted by Crippen LogP contribution is -2.28. The standard InChI is InChI=1S/C13H20N6O2/c1-9(2)19-7-12(6-15-19)16-13(20)14-5-10-4-11(8-21-3)18-17-10/h4,6-7,9H,5,8H2,1-3H3,(H,17,18)(H2,14,16,20). The zero-order valence-corrected chi connectivity index (χ0v) is 12.4. The van der Waals surface area contributed by atoms with Gasteiger partial charge < -0.3 is 15.4 Å². The molecule has 0 unspecified atom stereocenters. The SMILES string of the molecule is COCc1cc(CNC(=O)Nc2cnn(C(C)C)c2)[nH]n1. The Kier molecular flexibility index (Phi) is 4.94. The molecule has 2 aromatic heterocycles. The topological polar surface area (TPSA) is 96.9 Å². The van der Waals surface area contributed by atoms with E-state index in [-0.39, 0.29) is 12.1 Å². The summed E-state index contributed by atoms with van der Waals surface area (Å²) in [6.45, 7) is 4.84. The number of carbonyl (C=O) groups is 1. The fraction of sp³-hybridized carbons (Fsp3) is 0.462. The van der Waals surface area contributed by atoms with E-state index in [1.165, 1.54) is 0 Å². The number of nitrogens with zero attached hydrogens (tertiary/aromatic N) is 3. The quantitative estimate of drug-likeness (QED) is 0.754. The molecule has 2 rings (SSSR count). The second-order valence-electron chi connectivity index (χ2n) is 4.93. The van der Waals surface area contributed by atoms with Crippen LogP contribution < -0.4 is 10.6 Å². The van der Waals surface area contributed by atoms with Crippen molar-refractivity contribution >= 4 is 11.7 Å². The lowest BCUT2D eigenvalue weighted by atomic mass is 10.3. The zero-order valence-electron chi connectivity index (χ0n) is 12.4. The van der Waals surface area contributed by atoms with Crippen LogP contribution >= 0.6 is 0 Å². The molecule has 8 nitrogen and oxygen atoms in total. The lowest BCUT2D eigenvalue weighted by Gasteiger charge is -2.05. The second kappa shape index (κ2) is 6.89. The minimum absolute atomic E-state index is 0.257. The molecule has 0 bridgehead atoms. The second-order valence-corrected chi connectivity index (χ2v) is 4.93. The van der Waals surface area contributed by atoms with Crippen LogP contribution in [-0.2, 0) is 17.9 Å². The maximum Gasteiger partial charge on any atom is 0.319 e. The van der Waals surface area contributed by atoms with Crippen LogP contribution in [0.2, 0.25) is 0 Å². The van der Waals surface area contributed by atoms with Gasteiger partial charge >= 0.3 is 6.03 Å². The molecule has 0 aliphatic rings. The summed E-state index contributed by atoms with van der Waals surface area (Å²) in [5, 5.41) is 16.5. The Balaban J connectivity index is 1.80. The van der Waals surface area contributed by atoms with E-state index in [0.29, 0.717) is 18.8 Å². The summed E-state index contributed by atoms with van der Waals surface area (Å²) in [5.74, 6) is 0. The molecule has 0 atom stereocenters. The van der Waals surface area contributed by atoms with Gasteiger partial charge in [-0.3, -0.25) is 9.78 Å². The summed E-state index contributed by atoms with van der Waals surface area (Å²) in [6.07, 6.45) is 3.41.